The second-order valence-corrected chi connectivity index (χ2v) is 9.80. The van der Waals surface area contributed by atoms with Gasteiger partial charge in [0.15, 0.2) is 6.10 Å². The number of hydrogen-bond acceptors (Lipinski definition) is 7. The summed E-state index contributed by atoms with van der Waals surface area (Å²) in [6.45, 7) is 7.19. The van der Waals surface area contributed by atoms with Gasteiger partial charge >= 0.3 is 5.97 Å². The predicted molar refractivity (Wildman–Crippen MR) is 124 cm³/mol. The van der Waals surface area contributed by atoms with Gasteiger partial charge in [-0.05, 0) is 58.0 Å². The minimum atomic E-state index is -3.72. The Bertz CT molecular complexity index is 1390. The van der Waals surface area contributed by atoms with Crippen LogP contribution in [0.1, 0.15) is 46.9 Å². The van der Waals surface area contributed by atoms with Crippen molar-refractivity contribution in [3.8, 4) is 0 Å². The van der Waals surface area contributed by atoms with Crippen molar-refractivity contribution in [3.05, 3.63) is 77.0 Å². The summed E-state index contributed by atoms with van der Waals surface area (Å²) in [5.41, 5.74) is 2.46. The van der Waals surface area contributed by atoms with Crippen molar-refractivity contribution in [1.82, 2.24) is 9.29 Å². The Morgan fingerprint density at radius 1 is 1.15 bits per heavy atom. The number of amidine groups is 1. The Labute approximate surface area is 197 Å². The second kappa shape index (κ2) is 8.94. The van der Waals surface area contributed by atoms with E-state index in [1.165, 1.54) is 19.9 Å². The van der Waals surface area contributed by atoms with Crippen LogP contribution in [0.3, 0.4) is 0 Å². The molecular weight excluding hydrogens is 458 g/mol. The number of carbonyl (C=O) groups is 2. The molecule has 3 heterocycles. The highest BCUT2D eigenvalue weighted by Crippen LogP contribution is 2.23. The van der Waals surface area contributed by atoms with E-state index in [0.717, 1.165) is 17.1 Å². The van der Waals surface area contributed by atoms with Crippen LogP contribution >= 0.6 is 0 Å². The quantitative estimate of drug-likeness (QED) is 0.408. The Hall–Kier alpha value is -3.66. The molecule has 10 heteroatoms. The maximum atomic E-state index is 13.0. The molecule has 0 unspecified atom stereocenters. The Kier molecular flexibility index (Phi) is 6.18. The molecule has 2 atom stereocenters. The van der Waals surface area contributed by atoms with E-state index in [1.54, 1.807) is 36.6 Å². The molecule has 1 N–H and O–H groups in total. The summed E-state index contributed by atoms with van der Waals surface area (Å²) in [7, 11) is -3.72. The molecule has 0 bridgehead atoms. The first-order valence-electron chi connectivity index (χ1n) is 10.7. The first-order chi connectivity index (χ1) is 16.1. The molecule has 34 heavy (non-hydrogen) atoms. The number of aryl methyl sites for hydroxylation is 1. The molecule has 3 aromatic rings. The van der Waals surface area contributed by atoms with Crippen LogP contribution in [-0.4, -0.2) is 42.7 Å². The maximum Gasteiger partial charge on any atom is 0.331 e. The van der Waals surface area contributed by atoms with Crippen LogP contribution < -0.4 is 4.72 Å². The number of ketones is 1. The summed E-state index contributed by atoms with van der Waals surface area (Å²) < 4.78 is 39.6. The summed E-state index contributed by atoms with van der Waals surface area (Å²) >= 11 is 0. The summed E-state index contributed by atoms with van der Waals surface area (Å²) in [4.78, 5) is 30.0. The van der Waals surface area contributed by atoms with E-state index in [9.17, 15) is 18.0 Å². The van der Waals surface area contributed by atoms with Crippen LogP contribution in [0.25, 0.3) is 0 Å². The zero-order valence-electron chi connectivity index (χ0n) is 19.2. The number of fused-ring (bicyclic) bond motifs is 1. The lowest BCUT2D eigenvalue weighted by atomic mass is 10.1. The summed E-state index contributed by atoms with van der Waals surface area (Å²) in [5.74, 6) is -0.238. The minimum absolute atomic E-state index is 0.0699. The van der Waals surface area contributed by atoms with Gasteiger partial charge in [0.2, 0.25) is 5.78 Å². The highest BCUT2D eigenvalue weighted by molar-refractivity contribution is 7.90. The molecule has 4 rings (SSSR count). The molecule has 1 aromatic carbocycles. The van der Waals surface area contributed by atoms with Gasteiger partial charge in [0.05, 0.1) is 17.7 Å². The summed E-state index contributed by atoms with van der Waals surface area (Å²) in [6.07, 6.45) is 0.553. The standard InChI is InChI=1S/C24H25N3O6S/c1-14-12-20(16(3)27(14)13-18-8-7-11-32-18)22(28)17(4)33-24(29)15(2)25-23-19-9-5-6-10-21(19)34(30,31)26-23/h5-12,15,17H,13H2,1-4H3,(H,25,26)/t15-,17+/m1/s1. The largest absolute Gasteiger partial charge is 0.467 e. The highest BCUT2D eigenvalue weighted by Gasteiger charge is 2.32. The lowest BCUT2D eigenvalue weighted by Gasteiger charge is -2.15. The monoisotopic (exact) mass is 483 g/mol. The first-order valence-corrected chi connectivity index (χ1v) is 12.2. The van der Waals surface area contributed by atoms with Crippen molar-refractivity contribution in [2.45, 2.75) is 51.3 Å². The maximum absolute atomic E-state index is 13.0. The number of hydrogen-bond donors (Lipinski definition) is 1. The molecule has 0 radical (unpaired) electrons. The van der Waals surface area contributed by atoms with Crippen molar-refractivity contribution < 1.29 is 27.2 Å². The van der Waals surface area contributed by atoms with Crippen molar-refractivity contribution in [1.29, 1.82) is 0 Å². The molecule has 178 valence electrons. The summed E-state index contributed by atoms with van der Waals surface area (Å²) in [6, 6.07) is 10.8. The first kappa shape index (κ1) is 23.5. The molecular formula is C24H25N3O6S. The van der Waals surface area contributed by atoms with E-state index in [1.807, 2.05) is 24.5 Å². The van der Waals surface area contributed by atoms with Crippen LogP contribution in [0.4, 0.5) is 0 Å². The van der Waals surface area contributed by atoms with E-state index in [2.05, 4.69) is 9.71 Å². The predicted octanol–water partition coefficient (Wildman–Crippen LogP) is 2.99. The Balaban J connectivity index is 1.47. The molecule has 0 fully saturated rings. The number of aromatic nitrogens is 1. The molecule has 0 amide bonds. The number of rotatable bonds is 7. The number of carbonyl (C=O) groups excluding carboxylic acids is 2. The molecule has 1 aliphatic heterocycles. The van der Waals surface area contributed by atoms with Gasteiger partial charge in [-0.2, -0.15) is 0 Å². The lowest BCUT2D eigenvalue weighted by Crippen LogP contribution is -2.31. The van der Waals surface area contributed by atoms with Crippen LogP contribution in [0.2, 0.25) is 0 Å². The van der Waals surface area contributed by atoms with E-state index in [-0.39, 0.29) is 16.5 Å². The van der Waals surface area contributed by atoms with Gasteiger partial charge in [0, 0.05) is 22.5 Å². The fraction of sp³-hybridized carbons (Fsp3) is 0.292. The number of nitrogens with one attached hydrogen (secondary N) is 1. The van der Waals surface area contributed by atoms with Crippen LogP contribution in [0.5, 0.6) is 0 Å². The van der Waals surface area contributed by atoms with Crippen molar-refractivity contribution in [2.75, 3.05) is 0 Å². The average molecular weight is 484 g/mol. The van der Waals surface area contributed by atoms with E-state index >= 15 is 0 Å². The number of nitrogens with zero attached hydrogens (tertiary/aromatic N) is 2. The average Bonchev–Trinajstić information content (AvgIpc) is 3.47. The molecule has 9 nitrogen and oxygen atoms in total. The molecule has 2 aromatic heterocycles. The van der Waals surface area contributed by atoms with Crippen molar-refractivity contribution in [2.24, 2.45) is 4.99 Å². The van der Waals surface area contributed by atoms with Gasteiger partial charge in [-0.25, -0.2) is 13.2 Å². The normalized spacial score (nSPS) is 17.1. The molecule has 0 saturated heterocycles. The smallest absolute Gasteiger partial charge is 0.331 e. The molecule has 0 spiro atoms. The van der Waals surface area contributed by atoms with Crippen LogP contribution in [0, 0.1) is 13.8 Å². The highest BCUT2D eigenvalue weighted by atomic mass is 32.2. The molecule has 1 aliphatic rings. The van der Waals surface area contributed by atoms with Gasteiger partial charge in [0.25, 0.3) is 10.0 Å². The van der Waals surface area contributed by atoms with Crippen molar-refractivity contribution >= 4 is 27.6 Å². The van der Waals surface area contributed by atoms with E-state index in [4.69, 9.17) is 9.15 Å². The third-order valence-electron chi connectivity index (χ3n) is 5.72. The van der Waals surface area contributed by atoms with Gasteiger partial charge < -0.3 is 13.7 Å². The zero-order valence-corrected chi connectivity index (χ0v) is 20.0. The Morgan fingerprint density at radius 3 is 2.59 bits per heavy atom. The fourth-order valence-electron chi connectivity index (χ4n) is 3.87. The van der Waals surface area contributed by atoms with Gasteiger partial charge in [-0.1, -0.05) is 12.1 Å². The lowest BCUT2D eigenvalue weighted by molar-refractivity contribution is -0.147. The molecule has 0 aliphatic carbocycles. The van der Waals surface area contributed by atoms with E-state index in [0.29, 0.717) is 17.7 Å². The number of esters is 1. The summed E-state index contributed by atoms with van der Waals surface area (Å²) in [5, 5.41) is 0. The fourth-order valence-corrected chi connectivity index (χ4v) is 5.11. The number of Topliss-reactive ketones (excluding diaryl/α,β-unsaturated/α-hetero) is 1. The van der Waals surface area contributed by atoms with Gasteiger partial charge in [-0.15, -0.1) is 0 Å². The molecule has 0 saturated carbocycles. The number of benzene rings is 1. The van der Waals surface area contributed by atoms with Crippen molar-refractivity contribution in [3.63, 3.8) is 0 Å². The van der Waals surface area contributed by atoms with Crippen LogP contribution in [0.15, 0.2) is 63.0 Å². The zero-order chi connectivity index (χ0) is 24.6. The third kappa shape index (κ3) is 4.41. The number of furan rings is 1. The number of aliphatic imine (C=N–C) groups is 1. The van der Waals surface area contributed by atoms with Crippen LogP contribution in [-0.2, 0) is 26.1 Å². The van der Waals surface area contributed by atoms with E-state index < -0.39 is 28.1 Å². The topological polar surface area (TPSA) is 120 Å². The number of ether oxygens (including phenoxy) is 1. The van der Waals surface area contributed by atoms with Gasteiger partial charge in [-0.3, -0.25) is 14.5 Å². The Morgan fingerprint density at radius 2 is 1.88 bits per heavy atom. The third-order valence-corrected chi connectivity index (χ3v) is 7.12. The van der Waals surface area contributed by atoms with Gasteiger partial charge in [0.1, 0.15) is 17.6 Å². The SMILES string of the molecule is Cc1cc(C(=O)[C@H](C)OC(=O)[C@@H](C)N=C2NS(=O)(=O)c3ccccc32)c(C)n1Cc1ccco1. The number of sulfonamides is 1. The second-order valence-electron chi connectivity index (χ2n) is 8.15. The minimum Gasteiger partial charge on any atom is -0.467 e.